The van der Waals surface area contributed by atoms with Crippen LogP contribution in [0.3, 0.4) is 0 Å². The highest BCUT2D eigenvalue weighted by atomic mass is 35.5. The van der Waals surface area contributed by atoms with Crippen molar-refractivity contribution in [3.8, 4) is 0 Å². The Morgan fingerprint density at radius 1 is 1.59 bits per heavy atom. The summed E-state index contributed by atoms with van der Waals surface area (Å²) in [6.07, 6.45) is 2.41. The molecular weight excluding hydrogens is 238 g/mol. The number of hydrogen-bond donors (Lipinski definition) is 3. The zero-order chi connectivity index (χ0) is 12.3. The van der Waals surface area contributed by atoms with E-state index in [4.69, 9.17) is 17.3 Å². The topological polar surface area (TPSA) is 67.2 Å². The lowest BCUT2D eigenvalue weighted by Gasteiger charge is -2.14. The van der Waals surface area contributed by atoms with E-state index < -0.39 is 5.91 Å². The molecule has 17 heavy (non-hydrogen) atoms. The van der Waals surface area contributed by atoms with Gasteiger partial charge in [0.2, 0.25) is 5.91 Å². The lowest BCUT2D eigenvalue weighted by atomic mass is 10.2. The molecule has 2 rings (SSSR count). The fourth-order valence-corrected chi connectivity index (χ4v) is 2.22. The second-order valence-corrected chi connectivity index (χ2v) is 4.64. The number of nitrogens with two attached hydrogens (primary N) is 1. The summed E-state index contributed by atoms with van der Waals surface area (Å²) < 4.78 is 0. The number of hydrogen-bond acceptors (Lipinski definition) is 3. The van der Waals surface area contributed by atoms with Gasteiger partial charge in [-0.15, -0.1) is 0 Å². The summed E-state index contributed by atoms with van der Waals surface area (Å²) in [6, 6.07) is 5.56. The normalized spacial score (nSPS) is 19.2. The summed E-state index contributed by atoms with van der Waals surface area (Å²) in [6.45, 7) is 1.93. The van der Waals surface area contributed by atoms with E-state index in [1.807, 2.05) is 0 Å². The molecule has 1 heterocycles. The second-order valence-electron chi connectivity index (χ2n) is 4.23. The maximum absolute atomic E-state index is 11.0. The van der Waals surface area contributed by atoms with E-state index in [2.05, 4.69) is 10.6 Å². The van der Waals surface area contributed by atoms with Gasteiger partial charge in [-0.3, -0.25) is 4.79 Å². The molecule has 0 spiro atoms. The molecule has 1 aliphatic rings. The molecular formula is C12H16ClN3O. The van der Waals surface area contributed by atoms with Crippen LogP contribution < -0.4 is 16.4 Å². The molecule has 1 unspecified atom stereocenters. The number of rotatable bonds is 4. The van der Waals surface area contributed by atoms with Crippen LogP contribution in [0.25, 0.3) is 0 Å². The largest absolute Gasteiger partial charge is 0.382 e. The molecule has 0 bridgehead atoms. The summed E-state index contributed by atoms with van der Waals surface area (Å²) >= 11 is 6.07. The van der Waals surface area contributed by atoms with Crippen LogP contribution in [0, 0.1) is 0 Å². The molecule has 1 fully saturated rings. The highest BCUT2D eigenvalue weighted by Gasteiger charge is 2.14. The van der Waals surface area contributed by atoms with Gasteiger partial charge in [-0.05, 0) is 37.6 Å². The molecule has 1 saturated heterocycles. The zero-order valence-electron chi connectivity index (χ0n) is 9.50. The lowest BCUT2D eigenvalue weighted by Crippen LogP contribution is -2.29. The van der Waals surface area contributed by atoms with E-state index in [1.54, 1.807) is 18.2 Å². The number of carbonyl (C=O) groups excluding carboxylic acids is 1. The first-order valence-electron chi connectivity index (χ1n) is 5.73. The first kappa shape index (κ1) is 12.2. The molecule has 92 valence electrons. The minimum atomic E-state index is -0.462. The van der Waals surface area contributed by atoms with Gasteiger partial charge in [0.05, 0.1) is 10.7 Å². The Hall–Kier alpha value is -1.26. The van der Waals surface area contributed by atoms with Gasteiger partial charge >= 0.3 is 0 Å². The monoisotopic (exact) mass is 253 g/mol. The standard InChI is InChI=1S/C12H16ClN3O/c13-10-6-8(12(14)17)3-4-11(10)16-7-9-2-1-5-15-9/h3-4,6,9,15-16H,1-2,5,7H2,(H2,14,17). The van der Waals surface area contributed by atoms with Crippen molar-refractivity contribution in [1.82, 2.24) is 5.32 Å². The molecule has 4 N–H and O–H groups in total. The molecule has 1 aromatic rings. The number of halogens is 1. The summed E-state index contributed by atoms with van der Waals surface area (Å²) in [5, 5.41) is 7.20. The van der Waals surface area contributed by atoms with Crippen LogP contribution in [-0.4, -0.2) is 25.0 Å². The third kappa shape index (κ3) is 3.11. The van der Waals surface area contributed by atoms with Crippen LogP contribution in [0.15, 0.2) is 18.2 Å². The molecule has 5 heteroatoms. The predicted molar refractivity (Wildman–Crippen MR) is 69.5 cm³/mol. The van der Waals surface area contributed by atoms with Gasteiger partial charge in [0.25, 0.3) is 0 Å². The van der Waals surface area contributed by atoms with Crippen LogP contribution in [0.4, 0.5) is 5.69 Å². The van der Waals surface area contributed by atoms with Gasteiger partial charge in [-0.25, -0.2) is 0 Å². The zero-order valence-corrected chi connectivity index (χ0v) is 10.3. The van der Waals surface area contributed by atoms with Crippen molar-refractivity contribution in [2.24, 2.45) is 5.73 Å². The predicted octanol–water partition coefficient (Wildman–Crippen LogP) is 1.60. The average molecular weight is 254 g/mol. The second kappa shape index (κ2) is 5.38. The third-order valence-corrected chi connectivity index (χ3v) is 3.27. The van der Waals surface area contributed by atoms with Crippen molar-refractivity contribution < 1.29 is 4.79 Å². The molecule has 1 amide bonds. The van der Waals surface area contributed by atoms with Crippen molar-refractivity contribution in [2.45, 2.75) is 18.9 Å². The summed E-state index contributed by atoms with van der Waals surface area (Å²) in [7, 11) is 0. The maximum atomic E-state index is 11.0. The smallest absolute Gasteiger partial charge is 0.248 e. The maximum Gasteiger partial charge on any atom is 0.248 e. The van der Waals surface area contributed by atoms with E-state index in [1.165, 1.54) is 12.8 Å². The Kier molecular flexibility index (Phi) is 3.86. The lowest BCUT2D eigenvalue weighted by molar-refractivity contribution is 0.100. The number of benzene rings is 1. The number of primary amides is 1. The van der Waals surface area contributed by atoms with E-state index in [9.17, 15) is 4.79 Å². The summed E-state index contributed by atoms with van der Waals surface area (Å²) in [5.74, 6) is -0.462. The fourth-order valence-electron chi connectivity index (χ4n) is 1.98. The van der Waals surface area contributed by atoms with Crippen molar-refractivity contribution >= 4 is 23.2 Å². The van der Waals surface area contributed by atoms with Crippen LogP contribution in [0.2, 0.25) is 5.02 Å². The van der Waals surface area contributed by atoms with Crippen LogP contribution in [0.5, 0.6) is 0 Å². The number of nitrogens with one attached hydrogen (secondary N) is 2. The molecule has 0 aromatic heterocycles. The molecule has 1 atom stereocenters. The first-order chi connectivity index (χ1) is 8.16. The quantitative estimate of drug-likeness (QED) is 0.764. The molecule has 4 nitrogen and oxygen atoms in total. The molecule has 0 aliphatic carbocycles. The van der Waals surface area contributed by atoms with E-state index >= 15 is 0 Å². The Labute approximate surface area is 106 Å². The van der Waals surface area contributed by atoms with E-state index in [-0.39, 0.29) is 0 Å². The van der Waals surface area contributed by atoms with Gasteiger partial charge < -0.3 is 16.4 Å². The number of carbonyl (C=O) groups is 1. The van der Waals surface area contributed by atoms with Crippen LogP contribution in [0.1, 0.15) is 23.2 Å². The minimum absolute atomic E-state index is 0.430. The fraction of sp³-hybridized carbons (Fsp3) is 0.417. The number of amides is 1. The van der Waals surface area contributed by atoms with Crippen LogP contribution in [-0.2, 0) is 0 Å². The van der Waals surface area contributed by atoms with Crippen molar-refractivity contribution in [1.29, 1.82) is 0 Å². The number of anilines is 1. The van der Waals surface area contributed by atoms with E-state index in [0.29, 0.717) is 16.6 Å². The van der Waals surface area contributed by atoms with Gasteiger partial charge in [-0.2, -0.15) is 0 Å². The summed E-state index contributed by atoms with van der Waals surface area (Å²) in [5.41, 5.74) is 6.45. The summed E-state index contributed by atoms with van der Waals surface area (Å²) in [4.78, 5) is 11.0. The molecule has 0 radical (unpaired) electrons. The molecule has 0 saturated carbocycles. The Morgan fingerprint density at radius 2 is 2.41 bits per heavy atom. The SMILES string of the molecule is NC(=O)c1ccc(NCC2CCCN2)c(Cl)c1. The van der Waals surface area contributed by atoms with Crippen LogP contribution >= 0.6 is 11.6 Å². The van der Waals surface area contributed by atoms with Crippen molar-refractivity contribution in [3.05, 3.63) is 28.8 Å². The Bertz CT molecular complexity index is 416. The Balaban J connectivity index is 1.98. The van der Waals surface area contributed by atoms with Crippen molar-refractivity contribution in [3.63, 3.8) is 0 Å². The van der Waals surface area contributed by atoms with E-state index in [0.717, 1.165) is 18.8 Å². The molecule has 1 aromatic carbocycles. The van der Waals surface area contributed by atoms with Crippen molar-refractivity contribution in [2.75, 3.05) is 18.4 Å². The first-order valence-corrected chi connectivity index (χ1v) is 6.11. The molecule has 1 aliphatic heterocycles. The van der Waals surface area contributed by atoms with Gasteiger partial charge in [0.15, 0.2) is 0 Å². The highest BCUT2D eigenvalue weighted by molar-refractivity contribution is 6.33. The Morgan fingerprint density at radius 3 is 3.00 bits per heavy atom. The van der Waals surface area contributed by atoms with Gasteiger partial charge in [-0.1, -0.05) is 11.6 Å². The van der Waals surface area contributed by atoms with Gasteiger partial charge in [0.1, 0.15) is 0 Å². The van der Waals surface area contributed by atoms with Gasteiger partial charge in [0, 0.05) is 18.2 Å². The third-order valence-electron chi connectivity index (χ3n) is 2.95. The highest BCUT2D eigenvalue weighted by Crippen LogP contribution is 2.23. The average Bonchev–Trinajstić information content (AvgIpc) is 2.80. The minimum Gasteiger partial charge on any atom is -0.382 e.